The Labute approximate surface area is 171 Å². The maximum atomic E-state index is 12.3. The number of ether oxygens (including phenoxy) is 1. The van der Waals surface area contributed by atoms with Gasteiger partial charge in [0.1, 0.15) is 0 Å². The summed E-state index contributed by atoms with van der Waals surface area (Å²) in [6.07, 6.45) is 4.42. The molecular formula is C19H27Cl3N2O2. The number of hydrogen-bond acceptors (Lipinski definition) is 3. The molecule has 4 nitrogen and oxygen atoms in total. The third-order valence-corrected chi connectivity index (χ3v) is 6.07. The lowest BCUT2D eigenvalue weighted by Crippen LogP contribution is -2.44. The summed E-state index contributed by atoms with van der Waals surface area (Å²) in [5, 5.41) is 7.80. The van der Waals surface area contributed by atoms with Crippen LogP contribution >= 0.6 is 35.6 Å². The Hall–Kier alpha value is -0.520. The van der Waals surface area contributed by atoms with Crippen molar-refractivity contribution in [2.75, 3.05) is 32.8 Å². The molecule has 26 heavy (non-hydrogen) atoms. The first kappa shape index (κ1) is 21.8. The van der Waals surface area contributed by atoms with Crippen LogP contribution in [0.25, 0.3) is 0 Å². The van der Waals surface area contributed by atoms with Crippen LogP contribution in [0, 0.1) is 5.92 Å². The zero-order chi connectivity index (χ0) is 17.7. The molecule has 2 fully saturated rings. The van der Waals surface area contributed by atoms with E-state index < -0.39 is 0 Å². The predicted octanol–water partition coefficient (Wildman–Crippen LogP) is 3.97. The molecule has 2 N–H and O–H groups in total. The monoisotopic (exact) mass is 420 g/mol. The average Bonchev–Trinajstić information content (AvgIpc) is 3.12. The number of rotatable bonds is 6. The van der Waals surface area contributed by atoms with Gasteiger partial charge in [0.2, 0.25) is 5.91 Å². The van der Waals surface area contributed by atoms with Gasteiger partial charge in [-0.2, -0.15) is 0 Å². The summed E-state index contributed by atoms with van der Waals surface area (Å²) in [7, 11) is 0. The van der Waals surface area contributed by atoms with Gasteiger partial charge in [-0.25, -0.2) is 0 Å². The highest BCUT2D eigenvalue weighted by Crippen LogP contribution is 2.39. The number of benzene rings is 1. The molecule has 0 aliphatic carbocycles. The Morgan fingerprint density at radius 1 is 1.31 bits per heavy atom. The van der Waals surface area contributed by atoms with Crippen molar-refractivity contribution >= 4 is 41.5 Å². The molecule has 2 aliphatic heterocycles. The van der Waals surface area contributed by atoms with Crippen LogP contribution in [0.1, 0.15) is 37.7 Å². The quantitative estimate of drug-likeness (QED) is 0.731. The second-order valence-electron chi connectivity index (χ2n) is 7.19. The fourth-order valence-electron chi connectivity index (χ4n) is 3.88. The molecule has 0 aromatic heterocycles. The van der Waals surface area contributed by atoms with Crippen molar-refractivity contribution in [3.63, 3.8) is 0 Å². The van der Waals surface area contributed by atoms with Gasteiger partial charge in [-0.05, 0) is 62.4 Å². The van der Waals surface area contributed by atoms with Crippen molar-refractivity contribution in [3.05, 3.63) is 33.8 Å². The molecule has 1 unspecified atom stereocenters. The number of halogens is 3. The lowest BCUT2D eigenvalue weighted by Gasteiger charge is -2.38. The van der Waals surface area contributed by atoms with Crippen LogP contribution in [0.4, 0.5) is 0 Å². The van der Waals surface area contributed by atoms with Crippen molar-refractivity contribution in [3.8, 4) is 0 Å². The SMILES string of the molecule is Cl.O=C(CCC1CCNC1)NCC1(c2ccc(Cl)cc2Cl)CCOCC1. The predicted molar refractivity (Wildman–Crippen MR) is 109 cm³/mol. The van der Waals surface area contributed by atoms with Crippen molar-refractivity contribution in [1.29, 1.82) is 0 Å². The van der Waals surface area contributed by atoms with E-state index in [1.165, 1.54) is 6.42 Å². The number of carbonyl (C=O) groups is 1. The van der Waals surface area contributed by atoms with Crippen LogP contribution in [-0.4, -0.2) is 38.8 Å². The van der Waals surface area contributed by atoms with E-state index >= 15 is 0 Å². The molecule has 1 aromatic carbocycles. The molecule has 1 aromatic rings. The van der Waals surface area contributed by atoms with E-state index in [0.29, 0.717) is 42.1 Å². The van der Waals surface area contributed by atoms with Crippen molar-refractivity contribution in [2.24, 2.45) is 5.92 Å². The molecule has 1 atom stereocenters. The summed E-state index contributed by atoms with van der Waals surface area (Å²) < 4.78 is 5.54. The minimum Gasteiger partial charge on any atom is -0.381 e. The minimum atomic E-state index is -0.176. The summed E-state index contributed by atoms with van der Waals surface area (Å²) >= 11 is 12.5. The fourth-order valence-corrected chi connectivity index (χ4v) is 4.48. The molecule has 0 radical (unpaired) electrons. The number of nitrogens with one attached hydrogen (secondary N) is 2. The van der Waals surface area contributed by atoms with Gasteiger partial charge in [-0.1, -0.05) is 29.3 Å². The standard InChI is InChI=1S/C19H26Cl2N2O2.ClH/c20-15-2-3-16(17(21)11-15)19(6-9-25-10-7-19)13-23-18(24)4-1-14-5-8-22-12-14;/h2-3,11,14,22H,1,4-10,12-13H2,(H,23,24);1H. The molecule has 2 heterocycles. The Morgan fingerprint density at radius 2 is 2.08 bits per heavy atom. The Bertz CT molecular complexity index is 600. The first-order chi connectivity index (χ1) is 12.1. The van der Waals surface area contributed by atoms with Crippen LogP contribution in [0.15, 0.2) is 18.2 Å². The summed E-state index contributed by atoms with van der Waals surface area (Å²) in [6.45, 7) is 4.07. The highest BCUT2D eigenvalue weighted by Gasteiger charge is 2.36. The zero-order valence-corrected chi connectivity index (χ0v) is 17.2. The van der Waals surface area contributed by atoms with E-state index in [1.807, 2.05) is 12.1 Å². The van der Waals surface area contributed by atoms with E-state index in [-0.39, 0.29) is 23.7 Å². The Morgan fingerprint density at radius 3 is 2.73 bits per heavy atom. The molecule has 2 aliphatic rings. The normalized spacial score (nSPS) is 21.8. The van der Waals surface area contributed by atoms with Gasteiger partial charge in [0.25, 0.3) is 0 Å². The number of hydrogen-bond donors (Lipinski definition) is 2. The largest absolute Gasteiger partial charge is 0.381 e. The third-order valence-electron chi connectivity index (χ3n) is 5.52. The maximum Gasteiger partial charge on any atom is 0.220 e. The molecule has 0 bridgehead atoms. The molecule has 146 valence electrons. The molecule has 7 heteroatoms. The first-order valence-corrected chi connectivity index (χ1v) is 9.85. The Kier molecular flexibility index (Phi) is 8.49. The lowest BCUT2D eigenvalue weighted by molar-refractivity contribution is -0.121. The number of amides is 1. The van der Waals surface area contributed by atoms with Gasteiger partial charge in [0.15, 0.2) is 0 Å². The van der Waals surface area contributed by atoms with Crippen molar-refractivity contribution in [1.82, 2.24) is 10.6 Å². The topological polar surface area (TPSA) is 50.4 Å². The molecule has 1 amide bonds. The van der Waals surface area contributed by atoms with Crippen molar-refractivity contribution < 1.29 is 9.53 Å². The van der Waals surface area contributed by atoms with Gasteiger partial charge in [0, 0.05) is 41.6 Å². The average molecular weight is 422 g/mol. The highest BCUT2D eigenvalue weighted by molar-refractivity contribution is 6.35. The zero-order valence-electron chi connectivity index (χ0n) is 14.9. The summed E-state index contributed by atoms with van der Waals surface area (Å²) in [4.78, 5) is 12.3. The summed E-state index contributed by atoms with van der Waals surface area (Å²) in [5.74, 6) is 0.761. The van der Waals surface area contributed by atoms with Crippen LogP contribution in [0.2, 0.25) is 10.0 Å². The molecule has 0 saturated carbocycles. The fraction of sp³-hybridized carbons (Fsp3) is 0.632. The summed E-state index contributed by atoms with van der Waals surface area (Å²) in [5.41, 5.74) is 0.881. The van der Waals surface area contributed by atoms with Gasteiger partial charge in [-0.3, -0.25) is 4.79 Å². The van der Waals surface area contributed by atoms with E-state index in [4.69, 9.17) is 27.9 Å². The smallest absolute Gasteiger partial charge is 0.220 e. The van der Waals surface area contributed by atoms with Crippen LogP contribution in [0.5, 0.6) is 0 Å². The maximum absolute atomic E-state index is 12.3. The summed E-state index contributed by atoms with van der Waals surface area (Å²) in [6, 6.07) is 5.64. The Balaban J connectivity index is 0.00000243. The third kappa shape index (κ3) is 5.49. The van der Waals surface area contributed by atoms with E-state index in [1.54, 1.807) is 6.07 Å². The molecule has 3 rings (SSSR count). The van der Waals surface area contributed by atoms with Crippen LogP contribution in [0.3, 0.4) is 0 Å². The van der Waals surface area contributed by atoms with E-state index in [9.17, 15) is 4.79 Å². The highest BCUT2D eigenvalue weighted by atomic mass is 35.5. The molecule has 0 spiro atoms. The van der Waals surface area contributed by atoms with E-state index in [0.717, 1.165) is 37.9 Å². The van der Waals surface area contributed by atoms with Gasteiger partial charge >= 0.3 is 0 Å². The minimum absolute atomic E-state index is 0. The van der Waals surface area contributed by atoms with Crippen LogP contribution < -0.4 is 10.6 Å². The van der Waals surface area contributed by atoms with Crippen molar-refractivity contribution in [2.45, 2.75) is 37.5 Å². The second kappa shape index (κ2) is 10.1. The van der Waals surface area contributed by atoms with Gasteiger partial charge in [-0.15, -0.1) is 12.4 Å². The molecule has 2 saturated heterocycles. The number of carbonyl (C=O) groups excluding carboxylic acids is 1. The lowest BCUT2D eigenvalue weighted by atomic mass is 9.74. The van der Waals surface area contributed by atoms with E-state index in [2.05, 4.69) is 10.6 Å². The first-order valence-electron chi connectivity index (χ1n) is 9.10. The van der Waals surface area contributed by atoms with Crippen LogP contribution in [-0.2, 0) is 14.9 Å². The van der Waals surface area contributed by atoms with Gasteiger partial charge in [0.05, 0.1) is 0 Å². The second-order valence-corrected chi connectivity index (χ2v) is 8.03. The van der Waals surface area contributed by atoms with Gasteiger partial charge < -0.3 is 15.4 Å². The molecular weight excluding hydrogens is 395 g/mol.